The Labute approximate surface area is 125 Å². The van der Waals surface area contributed by atoms with E-state index in [-0.39, 0.29) is 5.91 Å². The van der Waals surface area contributed by atoms with Gasteiger partial charge in [-0.15, -0.1) is 0 Å². The van der Waals surface area contributed by atoms with Crippen LogP contribution in [0.25, 0.3) is 0 Å². The van der Waals surface area contributed by atoms with E-state index in [1.807, 2.05) is 30.3 Å². The maximum absolute atomic E-state index is 12.0. The Balaban J connectivity index is 1.57. The molecule has 0 aliphatic carbocycles. The van der Waals surface area contributed by atoms with Crippen LogP contribution in [0.3, 0.4) is 0 Å². The Morgan fingerprint density at radius 1 is 1.14 bits per heavy atom. The molecule has 0 aromatic heterocycles. The molecule has 0 atom stereocenters. The zero-order chi connectivity index (χ0) is 14.5. The lowest BCUT2D eigenvalue weighted by Crippen LogP contribution is -2.15. The standard InChI is InChI=1S/C18H20N2O/c21-18(11-8-14-5-2-1-3-6-14)20-16-10-9-15-7-4-12-19-17(15)13-16/h1-3,5-6,9-10,13,19H,4,7-8,11-12H2,(H,20,21). The summed E-state index contributed by atoms with van der Waals surface area (Å²) in [6, 6.07) is 16.2. The lowest BCUT2D eigenvalue weighted by atomic mass is 10.0. The van der Waals surface area contributed by atoms with Crippen LogP contribution in [0.2, 0.25) is 0 Å². The predicted molar refractivity (Wildman–Crippen MR) is 86.6 cm³/mol. The van der Waals surface area contributed by atoms with Crippen LogP contribution in [0.5, 0.6) is 0 Å². The first-order valence-electron chi connectivity index (χ1n) is 7.52. The van der Waals surface area contributed by atoms with Gasteiger partial charge < -0.3 is 10.6 Å². The highest BCUT2D eigenvalue weighted by molar-refractivity contribution is 5.91. The molecule has 0 fully saturated rings. The molecule has 0 saturated carbocycles. The molecule has 21 heavy (non-hydrogen) atoms. The fourth-order valence-corrected chi connectivity index (χ4v) is 2.66. The van der Waals surface area contributed by atoms with Crippen molar-refractivity contribution in [1.82, 2.24) is 0 Å². The third-order valence-corrected chi connectivity index (χ3v) is 3.82. The molecule has 1 amide bonds. The average molecular weight is 280 g/mol. The van der Waals surface area contributed by atoms with Gasteiger partial charge in [-0.05, 0) is 42.5 Å². The van der Waals surface area contributed by atoms with Crippen molar-refractivity contribution in [3.63, 3.8) is 0 Å². The molecule has 0 radical (unpaired) electrons. The van der Waals surface area contributed by atoms with Crippen LogP contribution >= 0.6 is 0 Å². The normalized spacial score (nSPS) is 13.1. The van der Waals surface area contributed by atoms with Gasteiger partial charge in [-0.3, -0.25) is 4.79 Å². The van der Waals surface area contributed by atoms with Crippen molar-refractivity contribution in [3.05, 3.63) is 59.7 Å². The summed E-state index contributed by atoms with van der Waals surface area (Å²) in [6.45, 7) is 1.01. The second kappa shape index (κ2) is 6.44. The van der Waals surface area contributed by atoms with Gasteiger partial charge in [0.05, 0.1) is 0 Å². The van der Waals surface area contributed by atoms with E-state index in [9.17, 15) is 4.79 Å². The molecule has 3 nitrogen and oxygen atoms in total. The summed E-state index contributed by atoms with van der Waals surface area (Å²) < 4.78 is 0. The number of carbonyl (C=O) groups is 1. The van der Waals surface area contributed by atoms with Crippen LogP contribution in [0, 0.1) is 0 Å². The maximum Gasteiger partial charge on any atom is 0.224 e. The summed E-state index contributed by atoms with van der Waals surface area (Å²) in [5.41, 5.74) is 4.56. The topological polar surface area (TPSA) is 41.1 Å². The molecule has 2 aromatic rings. The zero-order valence-corrected chi connectivity index (χ0v) is 12.1. The van der Waals surface area contributed by atoms with Gasteiger partial charge >= 0.3 is 0 Å². The van der Waals surface area contributed by atoms with Gasteiger partial charge in [0, 0.05) is 24.3 Å². The van der Waals surface area contributed by atoms with Crippen molar-refractivity contribution in [1.29, 1.82) is 0 Å². The molecule has 0 spiro atoms. The monoisotopic (exact) mass is 280 g/mol. The number of rotatable bonds is 4. The number of hydrogen-bond donors (Lipinski definition) is 2. The fourth-order valence-electron chi connectivity index (χ4n) is 2.66. The van der Waals surface area contributed by atoms with E-state index < -0.39 is 0 Å². The molecule has 0 bridgehead atoms. The van der Waals surface area contributed by atoms with Gasteiger partial charge in [0.25, 0.3) is 0 Å². The van der Waals surface area contributed by atoms with E-state index in [0.717, 1.165) is 30.8 Å². The second-order valence-electron chi connectivity index (χ2n) is 5.44. The molecular weight excluding hydrogens is 260 g/mol. The maximum atomic E-state index is 12.0. The summed E-state index contributed by atoms with van der Waals surface area (Å²) in [4.78, 5) is 12.0. The Morgan fingerprint density at radius 3 is 2.86 bits per heavy atom. The van der Waals surface area contributed by atoms with Crippen LogP contribution in [0.15, 0.2) is 48.5 Å². The van der Waals surface area contributed by atoms with Gasteiger partial charge in [-0.2, -0.15) is 0 Å². The van der Waals surface area contributed by atoms with E-state index >= 15 is 0 Å². The number of amides is 1. The highest BCUT2D eigenvalue weighted by Crippen LogP contribution is 2.25. The van der Waals surface area contributed by atoms with E-state index in [2.05, 4.69) is 28.8 Å². The van der Waals surface area contributed by atoms with Crippen molar-refractivity contribution in [2.45, 2.75) is 25.7 Å². The minimum Gasteiger partial charge on any atom is -0.385 e. The van der Waals surface area contributed by atoms with Gasteiger partial charge in [-0.1, -0.05) is 36.4 Å². The van der Waals surface area contributed by atoms with Crippen molar-refractivity contribution < 1.29 is 4.79 Å². The average Bonchev–Trinajstić information content (AvgIpc) is 2.54. The van der Waals surface area contributed by atoms with Gasteiger partial charge in [0.2, 0.25) is 5.91 Å². The van der Waals surface area contributed by atoms with Crippen LogP contribution in [-0.4, -0.2) is 12.5 Å². The third kappa shape index (κ3) is 3.63. The Morgan fingerprint density at radius 2 is 2.00 bits per heavy atom. The molecule has 2 aromatic carbocycles. The van der Waals surface area contributed by atoms with Crippen LogP contribution in [-0.2, 0) is 17.6 Å². The molecule has 1 heterocycles. The summed E-state index contributed by atoms with van der Waals surface area (Å²) >= 11 is 0. The summed E-state index contributed by atoms with van der Waals surface area (Å²) in [6.07, 6.45) is 3.57. The minimum atomic E-state index is 0.0645. The Bertz CT molecular complexity index is 622. The Kier molecular flexibility index (Phi) is 4.20. The van der Waals surface area contributed by atoms with Crippen molar-refractivity contribution >= 4 is 17.3 Å². The third-order valence-electron chi connectivity index (χ3n) is 3.82. The Hall–Kier alpha value is -2.29. The summed E-state index contributed by atoms with van der Waals surface area (Å²) in [5.74, 6) is 0.0645. The summed E-state index contributed by atoms with van der Waals surface area (Å²) in [5, 5.41) is 6.37. The second-order valence-corrected chi connectivity index (χ2v) is 5.44. The van der Waals surface area contributed by atoms with Crippen molar-refractivity contribution in [3.8, 4) is 0 Å². The molecule has 3 heteroatoms. The van der Waals surface area contributed by atoms with Crippen molar-refractivity contribution in [2.24, 2.45) is 0 Å². The first-order chi connectivity index (χ1) is 10.3. The molecule has 2 N–H and O–H groups in total. The van der Waals surface area contributed by atoms with Gasteiger partial charge in [0.1, 0.15) is 0 Å². The SMILES string of the molecule is O=C(CCc1ccccc1)Nc1ccc2c(c1)NCCC2. The first kappa shape index (κ1) is 13.7. The highest BCUT2D eigenvalue weighted by atomic mass is 16.1. The van der Waals surface area contributed by atoms with Crippen LogP contribution < -0.4 is 10.6 Å². The number of hydrogen-bond acceptors (Lipinski definition) is 2. The van der Waals surface area contributed by atoms with Crippen molar-refractivity contribution in [2.75, 3.05) is 17.2 Å². The first-order valence-corrected chi connectivity index (χ1v) is 7.52. The van der Waals surface area contributed by atoms with Crippen LogP contribution in [0.1, 0.15) is 24.0 Å². The molecule has 0 saturated heterocycles. The molecule has 3 rings (SSSR count). The van der Waals surface area contributed by atoms with E-state index in [1.54, 1.807) is 0 Å². The zero-order valence-electron chi connectivity index (χ0n) is 12.1. The van der Waals surface area contributed by atoms with Crippen LogP contribution in [0.4, 0.5) is 11.4 Å². The highest BCUT2D eigenvalue weighted by Gasteiger charge is 2.10. The van der Waals surface area contributed by atoms with Gasteiger partial charge in [-0.25, -0.2) is 0 Å². The molecule has 108 valence electrons. The number of fused-ring (bicyclic) bond motifs is 1. The summed E-state index contributed by atoms with van der Waals surface area (Å²) in [7, 11) is 0. The fraction of sp³-hybridized carbons (Fsp3) is 0.278. The number of carbonyl (C=O) groups excluding carboxylic acids is 1. The quantitative estimate of drug-likeness (QED) is 0.898. The number of aryl methyl sites for hydroxylation is 2. The van der Waals surface area contributed by atoms with Gasteiger partial charge in [0.15, 0.2) is 0 Å². The number of nitrogens with one attached hydrogen (secondary N) is 2. The van der Waals surface area contributed by atoms with E-state index in [4.69, 9.17) is 0 Å². The van der Waals surface area contributed by atoms with E-state index in [1.165, 1.54) is 17.5 Å². The van der Waals surface area contributed by atoms with E-state index in [0.29, 0.717) is 6.42 Å². The number of anilines is 2. The molecule has 0 unspecified atom stereocenters. The molecule has 1 aliphatic heterocycles. The lowest BCUT2D eigenvalue weighted by Gasteiger charge is -2.18. The predicted octanol–water partition coefficient (Wildman–Crippen LogP) is 3.62. The number of benzene rings is 2. The lowest BCUT2D eigenvalue weighted by molar-refractivity contribution is -0.116. The molecular formula is C18H20N2O. The smallest absolute Gasteiger partial charge is 0.224 e. The largest absolute Gasteiger partial charge is 0.385 e. The molecule has 1 aliphatic rings. The minimum absolute atomic E-state index is 0.0645.